The van der Waals surface area contributed by atoms with Gasteiger partial charge in [-0.25, -0.2) is 9.78 Å². The van der Waals surface area contributed by atoms with E-state index < -0.39 is 5.97 Å². The Kier molecular flexibility index (Phi) is 4.75. The standard InChI is InChI=1S/C20H17N3O3S/c21-12-14-2-4-15-3-1-13(9-16(15)10-14)11-17-18(19(24)25)27-20(22-17)23-5-7-26-8-6-23/h1-4,9-10H,5-8,11H2,(H,24,25). The van der Waals surface area contributed by atoms with Crippen LogP contribution in [0.2, 0.25) is 0 Å². The van der Waals surface area contributed by atoms with E-state index in [9.17, 15) is 9.90 Å². The lowest BCUT2D eigenvalue weighted by Crippen LogP contribution is -2.36. The molecule has 0 saturated carbocycles. The minimum absolute atomic E-state index is 0.280. The van der Waals surface area contributed by atoms with Crippen molar-refractivity contribution >= 4 is 33.2 Å². The molecule has 1 aliphatic heterocycles. The number of thiazole rings is 1. The molecule has 2 heterocycles. The largest absolute Gasteiger partial charge is 0.477 e. The van der Waals surface area contributed by atoms with Gasteiger partial charge < -0.3 is 14.7 Å². The van der Waals surface area contributed by atoms with E-state index in [2.05, 4.69) is 16.0 Å². The lowest BCUT2D eigenvalue weighted by Gasteiger charge is -2.26. The number of aromatic carboxylic acids is 1. The summed E-state index contributed by atoms with van der Waals surface area (Å²) in [4.78, 5) is 18.7. The summed E-state index contributed by atoms with van der Waals surface area (Å²) in [7, 11) is 0. The predicted octanol–water partition coefficient (Wildman–Crippen LogP) is 3.29. The van der Waals surface area contributed by atoms with Crippen LogP contribution in [0.15, 0.2) is 36.4 Å². The van der Waals surface area contributed by atoms with Crippen molar-refractivity contribution in [3.8, 4) is 6.07 Å². The van der Waals surface area contributed by atoms with Crippen LogP contribution in [0.1, 0.15) is 26.5 Å². The maximum atomic E-state index is 11.7. The minimum Gasteiger partial charge on any atom is -0.477 e. The molecule has 1 N–H and O–H groups in total. The summed E-state index contributed by atoms with van der Waals surface area (Å²) in [5.41, 5.74) is 2.15. The van der Waals surface area contributed by atoms with E-state index in [4.69, 9.17) is 10.00 Å². The van der Waals surface area contributed by atoms with Gasteiger partial charge in [-0.05, 0) is 28.5 Å². The third-order valence-electron chi connectivity index (χ3n) is 4.57. The van der Waals surface area contributed by atoms with Crippen LogP contribution in [0.4, 0.5) is 5.13 Å². The number of aromatic nitrogens is 1. The first-order valence-electron chi connectivity index (χ1n) is 8.62. The summed E-state index contributed by atoms with van der Waals surface area (Å²) in [5.74, 6) is -0.949. The van der Waals surface area contributed by atoms with Crippen molar-refractivity contribution in [1.82, 2.24) is 4.98 Å². The Morgan fingerprint density at radius 3 is 2.74 bits per heavy atom. The predicted molar refractivity (Wildman–Crippen MR) is 104 cm³/mol. The van der Waals surface area contributed by atoms with Gasteiger partial charge in [0.25, 0.3) is 0 Å². The van der Waals surface area contributed by atoms with Crippen LogP contribution < -0.4 is 4.90 Å². The van der Waals surface area contributed by atoms with Crippen molar-refractivity contribution < 1.29 is 14.6 Å². The summed E-state index contributed by atoms with van der Waals surface area (Å²) in [5, 5.41) is 21.4. The molecule has 0 spiro atoms. The highest BCUT2D eigenvalue weighted by molar-refractivity contribution is 7.17. The monoisotopic (exact) mass is 379 g/mol. The van der Waals surface area contributed by atoms with Gasteiger partial charge in [0, 0.05) is 19.5 Å². The summed E-state index contributed by atoms with van der Waals surface area (Å²) < 4.78 is 5.36. The van der Waals surface area contributed by atoms with E-state index in [1.54, 1.807) is 6.07 Å². The molecule has 0 bridgehead atoms. The highest BCUT2D eigenvalue weighted by Crippen LogP contribution is 2.29. The second-order valence-corrected chi connectivity index (χ2v) is 7.34. The zero-order valence-electron chi connectivity index (χ0n) is 14.5. The molecule has 1 aromatic heterocycles. The van der Waals surface area contributed by atoms with Crippen molar-refractivity contribution in [3.05, 3.63) is 58.1 Å². The molecule has 1 fully saturated rings. The highest BCUT2D eigenvalue weighted by Gasteiger charge is 2.22. The molecule has 3 aromatic rings. The van der Waals surface area contributed by atoms with E-state index in [0.717, 1.165) is 34.6 Å². The zero-order chi connectivity index (χ0) is 18.8. The number of morpholine rings is 1. The molecular weight excluding hydrogens is 362 g/mol. The first kappa shape index (κ1) is 17.5. The number of carboxylic acids is 1. The smallest absolute Gasteiger partial charge is 0.347 e. The van der Waals surface area contributed by atoms with Gasteiger partial charge in [-0.1, -0.05) is 35.6 Å². The van der Waals surface area contributed by atoms with Gasteiger partial charge in [0.1, 0.15) is 4.88 Å². The van der Waals surface area contributed by atoms with E-state index in [1.807, 2.05) is 30.3 Å². The number of anilines is 1. The van der Waals surface area contributed by atoms with Crippen LogP contribution in [0.5, 0.6) is 0 Å². The molecule has 2 aromatic carbocycles. The molecule has 136 valence electrons. The number of rotatable bonds is 4. The van der Waals surface area contributed by atoms with Crippen molar-refractivity contribution in [2.24, 2.45) is 0 Å². The number of ether oxygens (including phenoxy) is 1. The van der Waals surface area contributed by atoms with E-state index in [0.29, 0.717) is 30.9 Å². The minimum atomic E-state index is -0.949. The van der Waals surface area contributed by atoms with Crippen LogP contribution in [-0.4, -0.2) is 42.4 Å². The number of benzene rings is 2. The third kappa shape index (κ3) is 3.63. The van der Waals surface area contributed by atoms with Gasteiger partial charge in [0.05, 0.1) is 30.5 Å². The Hall–Kier alpha value is -2.95. The zero-order valence-corrected chi connectivity index (χ0v) is 15.3. The summed E-state index contributed by atoms with van der Waals surface area (Å²) in [6, 6.07) is 13.7. The molecule has 6 nitrogen and oxygen atoms in total. The van der Waals surface area contributed by atoms with Gasteiger partial charge in [-0.15, -0.1) is 0 Å². The topological polar surface area (TPSA) is 86.5 Å². The Morgan fingerprint density at radius 1 is 1.22 bits per heavy atom. The molecule has 0 radical (unpaired) electrons. The van der Waals surface area contributed by atoms with Crippen LogP contribution in [-0.2, 0) is 11.2 Å². The lowest BCUT2D eigenvalue weighted by molar-refractivity contribution is 0.0701. The fourth-order valence-corrected chi connectivity index (χ4v) is 4.16. The van der Waals surface area contributed by atoms with Crippen molar-refractivity contribution in [2.45, 2.75) is 6.42 Å². The number of carboxylic acid groups (broad SMARTS) is 1. The number of nitrogens with zero attached hydrogens (tertiary/aromatic N) is 3. The molecule has 1 saturated heterocycles. The molecule has 27 heavy (non-hydrogen) atoms. The maximum Gasteiger partial charge on any atom is 0.347 e. The van der Waals surface area contributed by atoms with Crippen LogP contribution in [0.3, 0.4) is 0 Å². The fraction of sp³-hybridized carbons (Fsp3) is 0.250. The Labute approximate surface area is 160 Å². The van der Waals surface area contributed by atoms with Gasteiger partial charge in [0.15, 0.2) is 5.13 Å². The molecule has 0 atom stereocenters. The second-order valence-electron chi connectivity index (χ2n) is 6.36. The average molecular weight is 379 g/mol. The summed E-state index contributed by atoms with van der Waals surface area (Å²) in [6.07, 6.45) is 0.440. The first-order chi connectivity index (χ1) is 13.1. The average Bonchev–Trinajstić information content (AvgIpc) is 3.12. The number of nitriles is 1. The van der Waals surface area contributed by atoms with Gasteiger partial charge in [0.2, 0.25) is 0 Å². The number of carbonyl (C=O) groups is 1. The van der Waals surface area contributed by atoms with Crippen LogP contribution in [0.25, 0.3) is 10.8 Å². The fourth-order valence-electron chi connectivity index (χ4n) is 3.19. The van der Waals surface area contributed by atoms with Crippen molar-refractivity contribution in [2.75, 3.05) is 31.2 Å². The first-order valence-corrected chi connectivity index (χ1v) is 9.44. The van der Waals surface area contributed by atoms with E-state index in [1.165, 1.54) is 11.3 Å². The van der Waals surface area contributed by atoms with Crippen LogP contribution in [0, 0.1) is 11.3 Å². The molecule has 0 amide bonds. The second kappa shape index (κ2) is 7.35. The van der Waals surface area contributed by atoms with Gasteiger partial charge >= 0.3 is 5.97 Å². The molecule has 4 rings (SSSR count). The normalized spacial score (nSPS) is 14.3. The maximum absolute atomic E-state index is 11.7. The molecule has 0 aliphatic carbocycles. The van der Waals surface area contributed by atoms with Gasteiger partial charge in [-0.2, -0.15) is 5.26 Å². The molecule has 0 unspecified atom stereocenters. The van der Waals surface area contributed by atoms with E-state index in [-0.39, 0.29) is 4.88 Å². The number of hydrogen-bond acceptors (Lipinski definition) is 6. The Balaban J connectivity index is 1.66. The molecule has 1 aliphatic rings. The van der Waals surface area contributed by atoms with Crippen LogP contribution >= 0.6 is 11.3 Å². The third-order valence-corrected chi connectivity index (χ3v) is 5.71. The number of fused-ring (bicyclic) bond motifs is 1. The summed E-state index contributed by atoms with van der Waals surface area (Å²) in [6.45, 7) is 2.70. The number of hydrogen-bond donors (Lipinski definition) is 1. The molecular formula is C20H17N3O3S. The summed E-state index contributed by atoms with van der Waals surface area (Å²) >= 11 is 1.22. The van der Waals surface area contributed by atoms with Gasteiger partial charge in [-0.3, -0.25) is 0 Å². The molecule has 7 heteroatoms. The Morgan fingerprint density at radius 2 is 2.00 bits per heavy atom. The highest BCUT2D eigenvalue weighted by atomic mass is 32.1. The SMILES string of the molecule is N#Cc1ccc2ccc(Cc3nc(N4CCOCC4)sc3C(=O)O)cc2c1. The van der Waals surface area contributed by atoms with E-state index >= 15 is 0 Å². The van der Waals surface area contributed by atoms with Crippen molar-refractivity contribution in [1.29, 1.82) is 5.26 Å². The Bertz CT molecular complexity index is 1050. The lowest BCUT2D eigenvalue weighted by atomic mass is 10.0. The quantitative estimate of drug-likeness (QED) is 0.749. The van der Waals surface area contributed by atoms with Crippen molar-refractivity contribution in [3.63, 3.8) is 0 Å².